The number of carboxylic acids is 1. The SMILES string of the molecule is COc1ccc(C(NC(=O)Cc2cc(OC)c(C(=O)O)cc2Br)c2cccc(F)c2N2CCCCC2)cc1. The number of para-hydroxylation sites is 1. The maximum atomic E-state index is 15.3. The number of nitrogens with zero attached hydrogens (tertiary/aromatic N) is 1. The van der Waals surface area contributed by atoms with E-state index in [4.69, 9.17) is 9.47 Å². The summed E-state index contributed by atoms with van der Waals surface area (Å²) in [5, 5.41) is 12.5. The predicted molar refractivity (Wildman–Crippen MR) is 147 cm³/mol. The van der Waals surface area contributed by atoms with Crippen molar-refractivity contribution in [2.24, 2.45) is 0 Å². The summed E-state index contributed by atoms with van der Waals surface area (Å²) >= 11 is 3.38. The van der Waals surface area contributed by atoms with Crippen LogP contribution in [0.5, 0.6) is 11.5 Å². The van der Waals surface area contributed by atoms with Gasteiger partial charge in [-0.25, -0.2) is 9.18 Å². The summed E-state index contributed by atoms with van der Waals surface area (Å²) in [6, 6.07) is 14.6. The monoisotopic (exact) mass is 584 g/mol. The van der Waals surface area contributed by atoms with Gasteiger partial charge in [0.25, 0.3) is 0 Å². The molecule has 4 rings (SSSR count). The number of aromatic carboxylic acids is 1. The van der Waals surface area contributed by atoms with Crippen molar-refractivity contribution in [3.63, 3.8) is 0 Å². The van der Waals surface area contributed by atoms with Gasteiger partial charge in [-0.05, 0) is 60.7 Å². The number of carboxylic acid groups (broad SMARTS) is 1. The van der Waals surface area contributed by atoms with Crippen LogP contribution in [0.3, 0.4) is 0 Å². The van der Waals surface area contributed by atoms with Gasteiger partial charge in [0, 0.05) is 23.1 Å². The van der Waals surface area contributed by atoms with E-state index in [-0.39, 0.29) is 29.5 Å². The van der Waals surface area contributed by atoms with Crippen LogP contribution in [0.4, 0.5) is 10.1 Å². The molecule has 0 saturated carbocycles. The van der Waals surface area contributed by atoms with E-state index in [2.05, 4.69) is 26.1 Å². The highest BCUT2D eigenvalue weighted by molar-refractivity contribution is 9.10. The number of carbonyl (C=O) groups excluding carboxylic acids is 1. The van der Waals surface area contributed by atoms with Gasteiger partial charge in [0.15, 0.2) is 0 Å². The van der Waals surface area contributed by atoms with Gasteiger partial charge in [0.1, 0.15) is 22.9 Å². The third-order valence-electron chi connectivity index (χ3n) is 6.71. The Morgan fingerprint density at radius 1 is 1.05 bits per heavy atom. The molecule has 9 heteroatoms. The van der Waals surface area contributed by atoms with E-state index in [0.29, 0.717) is 27.0 Å². The molecule has 0 spiro atoms. The van der Waals surface area contributed by atoms with Crippen LogP contribution in [0, 0.1) is 5.82 Å². The van der Waals surface area contributed by atoms with Gasteiger partial charge in [-0.15, -0.1) is 0 Å². The molecule has 0 aromatic heterocycles. The van der Waals surface area contributed by atoms with E-state index in [9.17, 15) is 14.7 Å². The molecule has 1 aliphatic heterocycles. The fourth-order valence-corrected chi connectivity index (χ4v) is 5.29. The molecular weight excluding hydrogens is 555 g/mol. The minimum atomic E-state index is -1.13. The van der Waals surface area contributed by atoms with Crippen molar-refractivity contribution in [1.29, 1.82) is 0 Å². The highest BCUT2D eigenvalue weighted by Crippen LogP contribution is 2.35. The molecule has 0 radical (unpaired) electrons. The summed E-state index contributed by atoms with van der Waals surface area (Å²) in [5.41, 5.74) is 2.50. The number of ether oxygens (including phenoxy) is 2. The van der Waals surface area contributed by atoms with E-state index in [0.717, 1.165) is 37.9 Å². The lowest BCUT2D eigenvalue weighted by molar-refractivity contribution is -0.120. The number of benzene rings is 3. The average Bonchev–Trinajstić information content (AvgIpc) is 2.93. The Balaban J connectivity index is 1.70. The van der Waals surface area contributed by atoms with Gasteiger partial charge in [-0.3, -0.25) is 4.79 Å². The number of piperidine rings is 1. The number of carbonyl (C=O) groups is 2. The second-order valence-electron chi connectivity index (χ2n) is 9.12. The average molecular weight is 585 g/mol. The van der Waals surface area contributed by atoms with Crippen molar-refractivity contribution in [2.45, 2.75) is 31.7 Å². The summed E-state index contributed by atoms with van der Waals surface area (Å²) in [5.74, 6) is -0.939. The molecule has 3 aromatic rings. The smallest absolute Gasteiger partial charge is 0.339 e. The standard InChI is InChI=1S/C29H30BrFN2O5/c1-37-20-11-9-18(10-12-20)27(21-7-6-8-24(31)28(21)33-13-4-3-5-14-33)32-26(34)16-19-15-25(38-2)22(29(35)36)17-23(19)30/h6-12,15,17,27H,3-5,13-14,16H2,1-2H3,(H,32,34)(H,35,36). The molecule has 1 atom stereocenters. The van der Waals surface area contributed by atoms with Gasteiger partial charge in [0.05, 0.1) is 32.4 Å². The number of methoxy groups -OCH3 is 2. The second-order valence-corrected chi connectivity index (χ2v) is 9.98. The summed E-state index contributed by atoms with van der Waals surface area (Å²) in [4.78, 5) is 27.0. The van der Waals surface area contributed by atoms with Gasteiger partial charge in [-0.1, -0.05) is 40.2 Å². The number of nitrogens with one attached hydrogen (secondary N) is 1. The zero-order chi connectivity index (χ0) is 27.2. The molecule has 7 nitrogen and oxygen atoms in total. The fraction of sp³-hybridized carbons (Fsp3) is 0.310. The first-order chi connectivity index (χ1) is 18.3. The van der Waals surface area contributed by atoms with Crippen molar-refractivity contribution in [1.82, 2.24) is 5.32 Å². The van der Waals surface area contributed by atoms with Gasteiger partial charge in [0.2, 0.25) is 5.91 Å². The van der Waals surface area contributed by atoms with Crippen LogP contribution >= 0.6 is 15.9 Å². The van der Waals surface area contributed by atoms with Crippen LogP contribution in [-0.2, 0) is 11.2 Å². The molecule has 1 fully saturated rings. The van der Waals surface area contributed by atoms with Crippen LogP contribution in [0.1, 0.15) is 52.4 Å². The minimum absolute atomic E-state index is 0.00873. The van der Waals surface area contributed by atoms with Crippen LogP contribution in [-0.4, -0.2) is 44.3 Å². The van der Waals surface area contributed by atoms with Crippen LogP contribution < -0.4 is 19.7 Å². The number of halogens is 2. The molecule has 1 saturated heterocycles. The lowest BCUT2D eigenvalue weighted by atomic mass is 9.94. The summed E-state index contributed by atoms with van der Waals surface area (Å²) in [6.07, 6.45) is 3.03. The maximum absolute atomic E-state index is 15.3. The fourth-order valence-electron chi connectivity index (χ4n) is 4.81. The first kappa shape index (κ1) is 27.4. The Bertz CT molecular complexity index is 1310. The Morgan fingerprint density at radius 2 is 1.76 bits per heavy atom. The topological polar surface area (TPSA) is 88.1 Å². The number of anilines is 1. The largest absolute Gasteiger partial charge is 0.497 e. The van der Waals surface area contributed by atoms with Gasteiger partial charge in [-0.2, -0.15) is 0 Å². The van der Waals surface area contributed by atoms with Crippen LogP contribution in [0.2, 0.25) is 0 Å². The Kier molecular flexibility index (Phi) is 8.89. The summed E-state index contributed by atoms with van der Waals surface area (Å²) < 4.78 is 26.3. The quantitative estimate of drug-likeness (QED) is 0.333. The van der Waals surface area contributed by atoms with Crippen LogP contribution in [0.15, 0.2) is 59.1 Å². The summed E-state index contributed by atoms with van der Waals surface area (Å²) in [6.45, 7) is 1.50. The predicted octanol–water partition coefficient (Wildman–Crippen LogP) is 5.74. The highest BCUT2D eigenvalue weighted by Gasteiger charge is 2.26. The first-order valence-electron chi connectivity index (χ1n) is 12.4. The minimum Gasteiger partial charge on any atom is -0.497 e. The molecule has 1 heterocycles. The Labute approximate surface area is 229 Å². The molecule has 0 aliphatic carbocycles. The van der Waals surface area contributed by atoms with Crippen molar-refractivity contribution >= 4 is 33.5 Å². The van der Waals surface area contributed by atoms with E-state index >= 15 is 4.39 Å². The Hall–Kier alpha value is -3.59. The number of hydrogen-bond donors (Lipinski definition) is 2. The lowest BCUT2D eigenvalue weighted by Gasteiger charge is -2.33. The molecule has 1 aliphatic rings. The first-order valence-corrected chi connectivity index (χ1v) is 13.2. The third-order valence-corrected chi connectivity index (χ3v) is 7.44. The van der Waals surface area contributed by atoms with E-state index in [1.54, 1.807) is 25.3 Å². The van der Waals surface area contributed by atoms with Crippen LogP contribution in [0.25, 0.3) is 0 Å². The highest BCUT2D eigenvalue weighted by atomic mass is 79.9. The number of rotatable bonds is 9. The lowest BCUT2D eigenvalue weighted by Crippen LogP contribution is -2.35. The molecule has 200 valence electrons. The van der Waals surface area contributed by atoms with Gasteiger partial charge < -0.3 is 24.8 Å². The maximum Gasteiger partial charge on any atom is 0.339 e. The van der Waals surface area contributed by atoms with Crippen molar-refractivity contribution in [2.75, 3.05) is 32.2 Å². The Morgan fingerprint density at radius 3 is 2.39 bits per heavy atom. The van der Waals surface area contributed by atoms with E-state index < -0.39 is 12.0 Å². The molecule has 2 N–H and O–H groups in total. The molecule has 1 amide bonds. The molecule has 3 aromatic carbocycles. The zero-order valence-electron chi connectivity index (χ0n) is 21.3. The zero-order valence-corrected chi connectivity index (χ0v) is 22.9. The molecule has 1 unspecified atom stereocenters. The second kappa shape index (κ2) is 12.3. The summed E-state index contributed by atoms with van der Waals surface area (Å²) in [7, 11) is 2.96. The third kappa shape index (κ3) is 6.10. The molecule has 38 heavy (non-hydrogen) atoms. The number of hydrogen-bond acceptors (Lipinski definition) is 5. The van der Waals surface area contributed by atoms with E-state index in [1.165, 1.54) is 25.3 Å². The normalized spacial score (nSPS) is 14.1. The van der Waals surface area contributed by atoms with Crippen molar-refractivity contribution in [3.8, 4) is 11.5 Å². The van der Waals surface area contributed by atoms with E-state index in [1.807, 2.05) is 18.2 Å². The van der Waals surface area contributed by atoms with Crippen molar-refractivity contribution in [3.05, 3.63) is 87.1 Å². The van der Waals surface area contributed by atoms with Crippen molar-refractivity contribution < 1.29 is 28.6 Å². The van der Waals surface area contributed by atoms with Gasteiger partial charge >= 0.3 is 5.97 Å². The number of amides is 1. The molecule has 0 bridgehead atoms. The molecular formula is C29H30BrFN2O5.